The molecule has 5 nitrogen and oxygen atoms in total. The maximum atomic E-state index is 6.23. The molecule has 1 unspecified atom stereocenters. The lowest BCUT2D eigenvalue weighted by atomic mass is 10.1. The Kier molecular flexibility index (Phi) is 33.1. The largest absolute Gasteiger partial charge is 1.00 e. The molecule has 1 heterocycles. The first-order valence-corrected chi connectivity index (χ1v) is 18.0. The van der Waals surface area contributed by atoms with Gasteiger partial charge in [-0.05, 0) is 12.8 Å². The van der Waals surface area contributed by atoms with E-state index in [4.69, 9.17) is 14.2 Å². The number of rotatable bonds is 33. The Morgan fingerprint density at radius 1 is 0.548 bits per heavy atom. The van der Waals surface area contributed by atoms with Gasteiger partial charge in [0.15, 0.2) is 6.73 Å². The Labute approximate surface area is 272 Å². The molecule has 1 rings (SSSR count). The maximum absolute atomic E-state index is 6.23. The van der Waals surface area contributed by atoms with Crippen molar-refractivity contribution in [2.75, 3.05) is 26.4 Å². The van der Waals surface area contributed by atoms with Crippen LogP contribution in [-0.4, -0.2) is 37.1 Å². The fourth-order valence-corrected chi connectivity index (χ4v) is 5.46. The van der Waals surface area contributed by atoms with Gasteiger partial charge in [0, 0.05) is 13.2 Å². The van der Waals surface area contributed by atoms with Crippen LogP contribution < -0.4 is 21.5 Å². The lowest BCUT2D eigenvalue weighted by Crippen LogP contribution is -3.00. The predicted molar refractivity (Wildman–Crippen MR) is 174 cm³/mol. The molecule has 0 bridgehead atoms. The number of nitrogens with zero attached hydrogens (tertiary/aromatic N) is 2. The Hall–Kier alpha value is -0.430. The zero-order valence-corrected chi connectivity index (χ0v) is 29.9. The number of imidazole rings is 1. The van der Waals surface area contributed by atoms with Gasteiger partial charge < -0.3 is 31.2 Å². The molecule has 0 aliphatic carbocycles. The first kappa shape index (κ1) is 41.6. The summed E-state index contributed by atoms with van der Waals surface area (Å²) in [4.78, 5) is 0. The Bertz CT molecular complexity index is 643. The van der Waals surface area contributed by atoms with E-state index in [0.29, 0.717) is 19.9 Å². The first-order valence-electron chi connectivity index (χ1n) is 18.0. The summed E-state index contributed by atoms with van der Waals surface area (Å²) < 4.78 is 22.3. The van der Waals surface area contributed by atoms with Crippen LogP contribution in [0, 0.1) is 0 Å². The minimum Gasteiger partial charge on any atom is -1.00 e. The lowest BCUT2D eigenvalue weighted by molar-refractivity contribution is -0.671. The number of hydrogen-bond acceptors (Lipinski definition) is 3. The minimum atomic E-state index is 0. The van der Waals surface area contributed by atoms with E-state index in [9.17, 15) is 0 Å². The average molecular weight is 660 g/mol. The number of aromatic nitrogens is 2. The summed E-state index contributed by atoms with van der Waals surface area (Å²) in [5.74, 6) is 0. The third kappa shape index (κ3) is 28.3. The molecule has 0 radical (unpaired) electrons. The summed E-state index contributed by atoms with van der Waals surface area (Å²) >= 11 is 0. The van der Waals surface area contributed by atoms with Crippen molar-refractivity contribution in [3.05, 3.63) is 18.7 Å². The minimum absolute atomic E-state index is 0. The molecular formula is C36H71BrN2O3. The summed E-state index contributed by atoms with van der Waals surface area (Å²) in [6.07, 6.45) is 39.0. The van der Waals surface area contributed by atoms with Crippen molar-refractivity contribution in [2.45, 2.75) is 181 Å². The Balaban J connectivity index is 0.0000168. The van der Waals surface area contributed by atoms with Gasteiger partial charge in [-0.15, -0.1) is 0 Å². The molecule has 250 valence electrons. The normalized spacial score (nSPS) is 12.1. The molecule has 0 aromatic carbocycles. The summed E-state index contributed by atoms with van der Waals surface area (Å²) in [6.45, 7) is 8.00. The average Bonchev–Trinajstić information content (AvgIpc) is 3.39. The standard InChI is InChI=1S/C36H71N2O3.BrH/c1-4-6-8-10-12-14-16-18-20-22-24-26-30-39-32-36(33-40-35-38-29-28-37(3)34-38)41-31-27-25-23-21-19-17-15-13-11-9-7-5-2;/h28-29,34,36H,4-27,30-33,35H2,1-3H3;1H/q+1;/p-1. The van der Waals surface area contributed by atoms with E-state index in [0.717, 1.165) is 26.1 Å². The van der Waals surface area contributed by atoms with Crippen molar-refractivity contribution >= 4 is 0 Å². The van der Waals surface area contributed by atoms with E-state index in [1.54, 1.807) is 0 Å². The van der Waals surface area contributed by atoms with E-state index in [1.807, 2.05) is 30.3 Å². The molecule has 42 heavy (non-hydrogen) atoms. The van der Waals surface area contributed by atoms with Crippen LogP contribution in [0.2, 0.25) is 0 Å². The molecule has 0 amide bonds. The van der Waals surface area contributed by atoms with Gasteiger partial charge >= 0.3 is 0 Å². The van der Waals surface area contributed by atoms with Gasteiger partial charge in [-0.1, -0.05) is 155 Å². The third-order valence-electron chi connectivity index (χ3n) is 8.17. The topological polar surface area (TPSA) is 36.5 Å². The second kappa shape index (κ2) is 33.5. The number of ether oxygens (including phenoxy) is 3. The van der Waals surface area contributed by atoms with Gasteiger partial charge in [0.2, 0.25) is 6.33 Å². The first-order chi connectivity index (χ1) is 20.3. The summed E-state index contributed by atoms with van der Waals surface area (Å²) in [5, 5.41) is 0. The molecule has 0 aliphatic rings. The highest BCUT2D eigenvalue weighted by molar-refractivity contribution is 4.64. The van der Waals surface area contributed by atoms with Gasteiger partial charge in [0.25, 0.3) is 0 Å². The molecule has 0 saturated carbocycles. The molecular weight excluding hydrogens is 588 g/mol. The van der Waals surface area contributed by atoms with Crippen LogP contribution in [-0.2, 0) is 28.0 Å². The fourth-order valence-electron chi connectivity index (χ4n) is 5.46. The second-order valence-electron chi connectivity index (χ2n) is 12.4. The van der Waals surface area contributed by atoms with Crippen molar-refractivity contribution in [1.29, 1.82) is 0 Å². The van der Waals surface area contributed by atoms with Gasteiger partial charge in [-0.3, -0.25) is 0 Å². The number of hydrogen-bond donors (Lipinski definition) is 0. The molecule has 0 saturated heterocycles. The van der Waals surface area contributed by atoms with Crippen molar-refractivity contribution in [3.63, 3.8) is 0 Å². The van der Waals surface area contributed by atoms with Crippen LogP contribution in [0.25, 0.3) is 0 Å². The van der Waals surface area contributed by atoms with E-state index >= 15 is 0 Å². The number of halogens is 1. The molecule has 1 atom stereocenters. The van der Waals surface area contributed by atoms with Crippen LogP contribution in [0.15, 0.2) is 18.7 Å². The van der Waals surface area contributed by atoms with Gasteiger partial charge in [-0.2, -0.15) is 0 Å². The molecule has 6 heteroatoms. The SMILES string of the molecule is CCCCCCCCCCCCCCOCC(COCn1cc[n+](C)c1)OCCCCCCCCCCCCCC.[Br-]. The zero-order chi connectivity index (χ0) is 29.5. The van der Waals surface area contributed by atoms with E-state index in [2.05, 4.69) is 18.4 Å². The van der Waals surface area contributed by atoms with Crippen molar-refractivity contribution in [3.8, 4) is 0 Å². The van der Waals surface area contributed by atoms with Crippen LogP contribution >= 0.6 is 0 Å². The van der Waals surface area contributed by atoms with Gasteiger partial charge in [0.05, 0.1) is 20.3 Å². The molecule has 0 spiro atoms. The van der Waals surface area contributed by atoms with Crippen molar-refractivity contribution in [1.82, 2.24) is 4.57 Å². The Morgan fingerprint density at radius 3 is 1.38 bits per heavy atom. The molecule has 0 fully saturated rings. The van der Waals surface area contributed by atoms with Gasteiger partial charge in [-0.25, -0.2) is 9.13 Å². The number of unbranched alkanes of at least 4 members (excludes halogenated alkanes) is 22. The molecule has 1 aromatic rings. The molecule has 0 N–H and O–H groups in total. The van der Waals surface area contributed by atoms with Crippen molar-refractivity contribution < 1.29 is 35.8 Å². The quantitative estimate of drug-likeness (QED) is 0.0597. The lowest BCUT2D eigenvalue weighted by Gasteiger charge is -2.18. The van der Waals surface area contributed by atoms with E-state index < -0.39 is 0 Å². The van der Waals surface area contributed by atoms with E-state index in [-0.39, 0.29) is 23.1 Å². The third-order valence-corrected chi connectivity index (χ3v) is 8.17. The highest BCUT2D eigenvalue weighted by Gasteiger charge is 2.11. The highest BCUT2D eigenvalue weighted by atomic mass is 79.9. The smallest absolute Gasteiger partial charge is 0.245 e. The Morgan fingerprint density at radius 2 is 0.952 bits per heavy atom. The molecule has 1 aromatic heterocycles. The highest BCUT2D eigenvalue weighted by Crippen LogP contribution is 2.13. The maximum Gasteiger partial charge on any atom is 0.245 e. The second-order valence-corrected chi connectivity index (χ2v) is 12.4. The summed E-state index contributed by atoms with van der Waals surface area (Å²) in [7, 11) is 2.03. The summed E-state index contributed by atoms with van der Waals surface area (Å²) in [6, 6.07) is 0. The van der Waals surface area contributed by atoms with Crippen LogP contribution in [0.3, 0.4) is 0 Å². The van der Waals surface area contributed by atoms with Crippen molar-refractivity contribution in [2.24, 2.45) is 7.05 Å². The van der Waals surface area contributed by atoms with E-state index in [1.165, 1.54) is 141 Å². The fraction of sp³-hybridized carbons (Fsp3) is 0.917. The van der Waals surface area contributed by atoms with Crippen LogP contribution in [0.1, 0.15) is 168 Å². The monoisotopic (exact) mass is 658 g/mol. The summed E-state index contributed by atoms with van der Waals surface area (Å²) in [5.41, 5.74) is 0. The van der Waals surface area contributed by atoms with Crippen LogP contribution in [0.5, 0.6) is 0 Å². The number of aryl methyl sites for hydroxylation is 1. The predicted octanol–water partition coefficient (Wildman–Crippen LogP) is 7.09. The zero-order valence-electron chi connectivity index (χ0n) is 28.3. The van der Waals surface area contributed by atoms with Gasteiger partial charge in [0.1, 0.15) is 18.5 Å². The molecule has 0 aliphatic heterocycles. The van der Waals surface area contributed by atoms with Crippen LogP contribution in [0.4, 0.5) is 0 Å².